The lowest BCUT2D eigenvalue weighted by Crippen LogP contribution is -2.48. The zero-order chi connectivity index (χ0) is 16.5. The number of carbonyl (C=O) groups is 1. The Balaban J connectivity index is 2.13. The Kier molecular flexibility index (Phi) is 5.09. The van der Waals surface area contributed by atoms with E-state index < -0.39 is 5.97 Å². The van der Waals surface area contributed by atoms with Crippen LogP contribution in [-0.2, 0) is 4.79 Å². The number of rotatable bonds is 5. The first-order valence-electron chi connectivity index (χ1n) is 9.05. The lowest BCUT2D eigenvalue weighted by molar-refractivity contribution is -0.138. The van der Waals surface area contributed by atoms with Crippen molar-refractivity contribution in [2.45, 2.75) is 79.6 Å². The number of hydrogen-bond acceptors (Lipinski definition) is 1. The van der Waals surface area contributed by atoms with Crippen molar-refractivity contribution < 1.29 is 9.90 Å². The monoisotopic (exact) mass is 306 g/mol. The van der Waals surface area contributed by atoms with Crippen molar-refractivity contribution >= 4 is 5.97 Å². The van der Waals surface area contributed by atoms with E-state index in [0.717, 1.165) is 18.8 Å². The van der Waals surface area contributed by atoms with E-state index in [-0.39, 0.29) is 5.92 Å². The molecule has 126 valence electrons. The van der Waals surface area contributed by atoms with Crippen molar-refractivity contribution in [3.8, 4) is 0 Å². The Hall–Kier alpha value is -0.790. The van der Waals surface area contributed by atoms with Crippen LogP contribution >= 0.6 is 0 Å². The highest BCUT2D eigenvalue weighted by atomic mass is 16.4. The van der Waals surface area contributed by atoms with Crippen molar-refractivity contribution in [2.24, 2.45) is 28.6 Å². The second kappa shape index (κ2) is 6.37. The number of aliphatic carboxylic acids is 1. The summed E-state index contributed by atoms with van der Waals surface area (Å²) in [5.74, 6) is 1.04. The largest absolute Gasteiger partial charge is 0.481 e. The maximum absolute atomic E-state index is 10.9. The van der Waals surface area contributed by atoms with Gasteiger partial charge in [-0.15, -0.1) is 0 Å². The van der Waals surface area contributed by atoms with Crippen molar-refractivity contribution in [3.63, 3.8) is 0 Å². The molecule has 0 aromatic heterocycles. The van der Waals surface area contributed by atoms with Crippen LogP contribution in [0.3, 0.4) is 0 Å². The van der Waals surface area contributed by atoms with Crippen LogP contribution in [0, 0.1) is 28.6 Å². The zero-order valence-electron chi connectivity index (χ0n) is 15.1. The van der Waals surface area contributed by atoms with Crippen LogP contribution in [0.5, 0.6) is 0 Å². The normalized spacial score (nSPS) is 35.4. The molecule has 2 aliphatic carbocycles. The summed E-state index contributed by atoms with van der Waals surface area (Å²) < 4.78 is 0. The summed E-state index contributed by atoms with van der Waals surface area (Å²) in [6.45, 7) is 11.8. The summed E-state index contributed by atoms with van der Waals surface area (Å²) in [7, 11) is 0. The van der Waals surface area contributed by atoms with Crippen LogP contribution in [0.4, 0.5) is 0 Å². The minimum absolute atomic E-state index is 0.283. The Labute approximate surface area is 136 Å². The predicted octanol–water partition coefficient (Wildman–Crippen LogP) is 5.68. The van der Waals surface area contributed by atoms with E-state index in [2.05, 4.69) is 40.7 Å². The fourth-order valence-electron chi connectivity index (χ4n) is 5.55. The summed E-state index contributed by atoms with van der Waals surface area (Å²) in [4.78, 5) is 10.9. The van der Waals surface area contributed by atoms with Gasteiger partial charge in [0.05, 0.1) is 0 Å². The third-order valence-electron chi connectivity index (χ3n) is 6.77. The van der Waals surface area contributed by atoms with E-state index in [1.54, 1.807) is 5.57 Å². The van der Waals surface area contributed by atoms with Gasteiger partial charge in [-0.3, -0.25) is 4.79 Å². The summed E-state index contributed by atoms with van der Waals surface area (Å²) >= 11 is 0. The summed E-state index contributed by atoms with van der Waals surface area (Å²) in [6, 6.07) is 0. The molecule has 1 saturated carbocycles. The van der Waals surface area contributed by atoms with E-state index in [1.807, 2.05) is 0 Å². The average Bonchev–Trinajstić information content (AvgIpc) is 2.35. The Morgan fingerprint density at radius 2 is 2.05 bits per heavy atom. The van der Waals surface area contributed by atoms with Gasteiger partial charge in [-0.1, -0.05) is 45.8 Å². The Morgan fingerprint density at radius 1 is 1.36 bits per heavy atom. The molecular formula is C20H34O2. The molecule has 0 heterocycles. The van der Waals surface area contributed by atoms with Crippen LogP contribution in [0.15, 0.2) is 11.6 Å². The molecule has 2 rings (SSSR count). The van der Waals surface area contributed by atoms with Gasteiger partial charge in [-0.2, -0.15) is 0 Å². The molecule has 1 fully saturated rings. The SMILES string of the molecule is CC1=CC[C@H]2C(C)(C)CCC[C@]2(C)[C@H]1CCC(C)CC(=O)O. The third kappa shape index (κ3) is 3.41. The molecule has 0 aromatic rings. The number of hydrogen-bond donors (Lipinski definition) is 1. The summed E-state index contributed by atoms with van der Waals surface area (Å²) in [5.41, 5.74) is 2.40. The molecule has 2 nitrogen and oxygen atoms in total. The molecule has 0 aliphatic heterocycles. The lowest BCUT2D eigenvalue weighted by atomic mass is 9.48. The second-order valence-corrected chi connectivity index (χ2v) is 8.92. The topological polar surface area (TPSA) is 37.3 Å². The van der Waals surface area contributed by atoms with Gasteiger partial charge in [0.2, 0.25) is 0 Å². The lowest BCUT2D eigenvalue weighted by Gasteiger charge is -2.57. The quantitative estimate of drug-likeness (QED) is 0.664. The van der Waals surface area contributed by atoms with Gasteiger partial charge < -0.3 is 5.11 Å². The van der Waals surface area contributed by atoms with Gasteiger partial charge >= 0.3 is 5.97 Å². The number of carboxylic acids is 1. The highest BCUT2D eigenvalue weighted by Gasteiger charge is 2.51. The van der Waals surface area contributed by atoms with Gasteiger partial charge in [0.25, 0.3) is 0 Å². The first-order chi connectivity index (χ1) is 10.2. The van der Waals surface area contributed by atoms with Crippen LogP contribution < -0.4 is 0 Å². The van der Waals surface area contributed by atoms with E-state index in [0.29, 0.717) is 23.2 Å². The molecule has 0 amide bonds. The first kappa shape index (κ1) is 17.6. The Bertz CT molecular complexity index is 449. The molecule has 0 spiro atoms. The standard InChI is InChI=1S/C20H34O2/c1-14(13-18(21)22)7-9-16-15(2)8-10-17-19(3,4)11-6-12-20(16,17)5/h8,14,16-17H,6-7,9-13H2,1-5H3,(H,21,22)/t14?,16-,17-,20+/m0/s1. The fourth-order valence-corrected chi connectivity index (χ4v) is 5.55. The van der Waals surface area contributed by atoms with E-state index in [1.165, 1.54) is 25.7 Å². The summed E-state index contributed by atoms with van der Waals surface area (Å²) in [5, 5.41) is 8.97. The number of fused-ring (bicyclic) bond motifs is 1. The van der Waals surface area contributed by atoms with Gasteiger partial charge in [-0.05, 0) is 67.6 Å². The summed E-state index contributed by atoms with van der Waals surface area (Å²) in [6.07, 6.45) is 10.2. The maximum Gasteiger partial charge on any atom is 0.303 e. The molecule has 2 aliphatic rings. The molecular weight excluding hydrogens is 272 g/mol. The van der Waals surface area contributed by atoms with Crippen LogP contribution in [0.1, 0.15) is 79.6 Å². The van der Waals surface area contributed by atoms with Gasteiger partial charge in [0.15, 0.2) is 0 Å². The molecule has 0 bridgehead atoms. The highest BCUT2D eigenvalue weighted by Crippen LogP contribution is 2.60. The molecule has 0 radical (unpaired) electrons. The Morgan fingerprint density at radius 3 is 2.68 bits per heavy atom. The van der Waals surface area contributed by atoms with Crippen molar-refractivity contribution in [1.29, 1.82) is 0 Å². The minimum atomic E-state index is -0.661. The molecule has 22 heavy (non-hydrogen) atoms. The van der Waals surface area contributed by atoms with E-state index >= 15 is 0 Å². The smallest absolute Gasteiger partial charge is 0.303 e. The van der Waals surface area contributed by atoms with Gasteiger partial charge in [-0.25, -0.2) is 0 Å². The van der Waals surface area contributed by atoms with E-state index in [9.17, 15) is 4.79 Å². The molecule has 1 unspecified atom stereocenters. The first-order valence-corrected chi connectivity index (χ1v) is 9.05. The highest BCUT2D eigenvalue weighted by molar-refractivity contribution is 5.66. The number of carboxylic acid groups (broad SMARTS) is 1. The second-order valence-electron chi connectivity index (χ2n) is 8.92. The molecule has 2 heteroatoms. The molecule has 0 saturated heterocycles. The van der Waals surface area contributed by atoms with Gasteiger partial charge in [0, 0.05) is 6.42 Å². The maximum atomic E-state index is 10.9. The van der Waals surface area contributed by atoms with E-state index in [4.69, 9.17) is 5.11 Å². The molecule has 0 aromatic carbocycles. The zero-order valence-corrected chi connectivity index (χ0v) is 15.1. The van der Waals surface area contributed by atoms with Gasteiger partial charge in [0.1, 0.15) is 0 Å². The minimum Gasteiger partial charge on any atom is -0.481 e. The number of allylic oxidation sites excluding steroid dienone is 2. The average molecular weight is 306 g/mol. The van der Waals surface area contributed by atoms with Crippen molar-refractivity contribution in [3.05, 3.63) is 11.6 Å². The van der Waals surface area contributed by atoms with Crippen LogP contribution in [0.2, 0.25) is 0 Å². The predicted molar refractivity (Wildman–Crippen MR) is 91.7 cm³/mol. The van der Waals surface area contributed by atoms with Crippen LogP contribution in [-0.4, -0.2) is 11.1 Å². The molecule has 4 atom stereocenters. The molecule has 1 N–H and O–H groups in total. The van der Waals surface area contributed by atoms with Crippen LogP contribution in [0.25, 0.3) is 0 Å². The fraction of sp³-hybridized carbons (Fsp3) is 0.850. The van der Waals surface area contributed by atoms with Crippen molar-refractivity contribution in [1.82, 2.24) is 0 Å². The van der Waals surface area contributed by atoms with Crippen molar-refractivity contribution in [2.75, 3.05) is 0 Å². The third-order valence-corrected chi connectivity index (χ3v) is 6.77.